The van der Waals surface area contributed by atoms with E-state index < -0.39 is 19.3 Å². The van der Waals surface area contributed by atoms with Gasteiger partial charge >= 0.3 is 5.97 Å². The fraction of sp³-hybridized carbons (Fsp3) is 0.846. The van der Waals surface area contributed by atoms with Crippen LogP contribution in [0.25, 0.3) is 0 Å². The van der Waals surface area contributed by atoms with E-state index >= 15 is 0 Å². The zero-order chi connectivity index (χ0) is 24.8. The van der Waals surface area contributed by atoms with Gasteiger partial charge in [-0.15, -0.1) is 0 Å². The number of carbonyl (C=O) groups is 2. The molecule has 34 heavy (non-hydrogen) atoms. The topological polar surface area (TPSA) is 85.3 Å². The number of hydrogen-bond acceptors (Lipinski definition) is 7. The molecular formula is C26H43NO6Si. The van der Waals surface area contributed by atoms with Crippen LogP contribution < -0.4 is 0 Å². The summed E-state index contributed by atoms with van der Waals surface area (Å²) in [5, 5.41) is 9.35. The Morgan fingerprint density at radius 1 is 1.15 bits per heavy atom. The summed E-state index contributed by atoms with van der Waals surface area (Å²) in [6.45, 7) is 13.4. The summed E-state index contributed by atoms with van der Waals surface area (Å²) < 4.78 is 19.0. The van der Waals surface area contributed by atoms with Gasteiger partial charge in [-0.2, -0.15) is 0 Å². The standard InChI is InChI=1S/C26H43NO6Si/c1-6-27-17-24-12-8-13-25(18-27,23(30)31-7-2)26(24,33-34(3,4)5)14-11-20(29)22-19(24)9-10-21(22)32-16-15-28/h19,28H,6-18H2,1-5H3/t19-,24-,25+,26-/m1/s1. The fourth-order valence-electron chi connectivity index (χ4n) is 7.88. The van der Waals surface area contributed by atoms with Gasteiger partial charge < -0.3 is 23.9 Å². The molecule has 0 aromatic heterocycles. The van der Waals surface area contributed by atoms with Crippen molar-refractivity contribution in [1.82, 2.24) is 4.90 Å². The summed E-state index contributed by atoms with van der Waals surface area (Å²) in [4.78, 5) is 30.1. The Hall–Kier alpha value is -1.22. The summed E-state index contributed by atoms with van der Waals surface area (Å²) in [6, 6.07) is 0. The van der Waals surface area contributed by atoms with Crippen molar-refractivity contribution in [1.29, 1.82) is 0 Å². The highest BCUT2D eigenvalue weighted by molar-refractivity contribution is 6.69. The van der Waals surface area contributed by atoms with E-state index in [2.05, 4.69) is 31.5 Å². The molecule has 1 aliphatic heterocycles. The minimum atomic E-state index is -2.13. The molecule has 8 heteroatoms. The number of ether oxygens (including phenoxy) is 2. The number of fused-ring (bicyclic) bond motifs is 1. The van der Waals surface area contributed by atoms with E-state index in [0.29, 0.717) is 32.4 Å². The van der Waals surface area contributed by atoms with Gasteiger partial charge in [0.15, 0.2) is 14.1 Å². The van der Waals surface area contributed by atoms with E-state index in [1.165, 1.54) is 0 Å². The summed E-state index contributed by atoms with van der Waals surface area (Å²) >= 11 is 0. The van der Waals surface area contributed by atoms with Crippen LogP contribution in [-0.4, -0.2) is 75.1 Å². The van der Waals surface area contributed by atoms with Crippen molar-refractivity contribution >= 4 is 20.1 Å². The van der Waals surface area contributed by atoms with Gasteiger partial charge in [0.2, 0.25) is 0 Å². The number of ketones is 1. The second-order valence-corrected chi connectivity index (χ2v) is 16.0. The first-order chi connectivity index (χ1) is 16.1. The Labute approximate surface area is 205 Å². The first kappa shape index (κ1) is 25.9. The lowest BCUT2D eigenvalue weighted by molar-refractivity contribution is -0.254. The van der Waals surface area contributed by atoms with Crippen LogP contribution in [0.15, 0.2) is 11.3 Å². The van der Waals surface area contributed by atoms with Crippen LogP contribution in [0.4, 0.5) is 0 Å². The third kappa shape index (κ3) is 3.80. The van der Waals surface area contributed by atoms with Gasteiger partial charge in [-0.05, 0) is 58.8 Å². The van der Waals surface area contributed by atoms with Crippen molar-refractivity contribution in [3.63, 3.8) is 0 Å². The number of piperidine rings is 1. The maximum Gasteiger partial charge on any atom is 0.316 e. The lowest BCUT2D eigenvalue weighted by Gasteiger charge is -2.69. The van der Waals surface area contributed by atoms with Crippen LogP contribution in [-0.2, 0) is 23.5 Å². The van der Waals surface area contributed by atoms with Gasteiger partial charge in [0, 0.05) is 42.8 Å². The van der Waals surface area contributed by atoms with Crippen molar-refractivity contribution in [2.75, 3.05) is 39.5 Å². The summed E-state index contributed by atoms with van der Waals surface area (Å²) in [7, 11) is -2.13. The monoisotopic (exact) mass is 493 g/mol. The lowest BCUT2D eigenvalue weighted by Crippen LogP contribution is -2.78. The van der Waals surface area contributed by atoms with Crippen LogP contribution in [0.5, 0.6) is 0 Å². The van der Waals surface area contributed by atoms with Gasteiger partial charge in [-0.25, -0.2) is 0 Å². The Morgan fingerprint density at radius 3 is 2.56 bits per heavy atom. The highest BCUT2D eigenvalue weighted by atomic mass is 28.4. The number of nitrogens with zero attached hydrogens (tertiary/aromatic N) is 1. The molecular weight excluding hydrogens is 450 g/mol. The Kier molecular flexibility index (Phi) is 7.10. The third-order valence-electron chi connectivity index (χ3n) is 8.74. The van der Waals surface area contributed by atoms with Crippen LogP contribution in [0.3, 0.4) is 0 Å². The van der Waals surface area contributed by atoms with E-state index in [9.17, 15) is 14.7 Å². The first-order valence-corrected chi connectivity index (χ1v) is 16.6. The van der Waals surface area contributed by atoms with E-state index in [0.717, 1.165) is 50.1 Å². The van der Waals surface area contributed by atoms with Crippen LogP contribution in [0.2, 0.25) is 19.6 Å². The normalized spacial score (nSPS) is 36.1. The van der Waals surface area contributed by atoms with Crippen molar-refractivity contribution in [2.45, 2.75) is 84.0 Å². The second kappa shape index (κ2) is 9.34. The molecule has 4 atom stereocenters. The van der Waals surface area contributed by atoms with Crippen LogP contribution in [0.1, 0.15) is 58.8 Å². The highest BCUT2D eigenvalue weighted by Crippen LogP contribution is 2.69. The Morgan fingerprint density at radius 2 is 1.91 bits per heavy atom. The Bertz CT molecular complexity index is 853. The van der Waals surface area contributed by atoms with Gasteiger partial charge in [0.1, 0.15) is 17.8 Å². The molecule has 0 aromatic carbocycles. The molecule has 0 spiro atoms. The van der Waals surface area contributed by atoms with Gasteiger partial charge in [-0.3, -0.25) is 9.59 Å². The van der Waals surface area contributed by atoms with Crippen LogP contribution >= 0.6 is 0 Å². The molecule has 3 aliphatic carbocycles. The third-order valence-corrected chi connectivity index (χ3v) is 9.71. The summed E-state index contributed by atoms with van der Waals surface area (Å²) in [6.07, 6.45) is 5.05. The summed E-state index contributed by atoms with van der Waals surface area (Å²) in [5.74, 6) is 0.731. The number of carbonyl (C=O) groups excluding carboxylic acids is 2. The quantitative estimate of drug-likeness (QED) is 0.408. The molecule has 1 saturated heterocycles. The highest BCUT2D eigenvalue weighted by Gasteiger charge is 2.75. The molecule has 1 heterocycles. The van der Waals surface area contributed by atoms with Crippen molar-refractivity contribution in [3.8, 4) is 0 Å². The number of aliphatic hydroxyl groups excluding tert-OH is 1. The first-order valence-electron chi connectivity index (χ1n) is 13.2. The van der Waals surface area contributed by atoms with Gasteiger partial charge in [0.25, 0.3) is 0 Å². The molecule has 0 radical (unpaired) electrons. The molecule has 4 aliphatic rings. The fourth-order valence-corrected chi connectivity index (χ4v) is 9.43. The number of hydrogen-bond donors (Lipinski definition) is 1. The maximum atomic E-state index is 14.0. The molecule has 2 bridgehead atoms. The van der Waals surface area contributed by atoms with E-state index in [1.807, 2.05) is 6.92 Å². The SMILES string of the molecule is CCOC(=O)[C@]12CCC[C@@]3(CN(CC)C1)[C@@H]1CCC(OCCO)=C1C(=O)CC[C@]23O[Si](C)(C)C. The number of allylic oxidation sites excluding steroid dienone is 2. The number of likely N-dealkylation sites (tertiary alicyclic amines) is 1. The largest absolute Gasteiger partial charge is 0.495 e. The predicted octanol–water partition coefficient (Wildman–Crippen LogP) is 3.67. The number of esters is 1. The second-order valence-electron chi connectivity index (χ2n) is 11.6. The minimum absolute atomic E-state index is 0.00371. The average Bonchev–Trinajstić information content (AvgIpc) is 3.15. The molecule has 4 rings (SSSR count). The number of Topliss-reactive ketones (excluding diaryl/α,β-unsaturated/α-hetero) is 1. The van der Waals surface area contributed by atoms with Crippen molar-refractivity contribution < 1.29 is 28.6 Å². The predicted molar refractivity (Wildman–Crippen MR) is 132 cm³/mol. The molecule has 0 aromatic rings. The molecule has 2 saturated carbocycles. The van der Waals surface area contributed by atoms with E-state index in [1.54, 1.807) is 0 Å². The zero-order valence-electron chi connectivity index (χ0n) is 21.7. The van der Waals surface area contributed by atoms with Gasteiger partial charge in [0.05, 0.1) is 18.8 Å². The zero-order valence-corrected chi connectivity index (χ0v) is 22.7. The molecule has 7 nitrogen and oxygen atoms in total. The van der Waals surface area contributed by atoms with E-state index in [4.69, 9.17) is 13.9 Å². The van der Waals surface area contributed by atoms with Crippen molar-refractivity contribution in [2.24, 2.45) is 16.7 Å². The maximum absolute atomic E-state index is 14.0. The number of aliphatic hydroxyl groups is 1. The molecule has 1 N–H and O–H groups in total. The van der Waals surface area contributed by atoms with Crippen molar-refractivity contribution in [3.05, 3.63) is 11.3 Å². The molecule has 192 valence electrons. The minimum Gasteiger partial charge on any atom is -0.495 e. The lowest BCUT2D eigenvalue weighted by atomic mass is 9.44. The van der Waals surface area contributed by atoms with E-state index in [-0.39, 0.29) is 36.3 Å². The molecule has 0 amide bonds. The Balaban J connectivity index is 1.97. The smallest absolute Gasteiger partial charge is 0.316 e. The van der Waals surface area contributed by atoms with Crippen LogP contribution in [0, 0.1) is 16.7 Å². The van der Waals surface area contributed by atoms with Gasteiger partial charge in [-0.1, -0.05) is 13.3 Å². The molecule has 0 unspecified atom stereocenters. The number of rotatable bonds is 8. The average molecular weight is 494 g/mol. The summed E-state index contributed by atoms with van der Waals surface area (Å²) in [5.41, 5.74) is -1.04. The molecule has 3 fully saturated rings.